The molecule has 222 valence electrons. The first-order chi connectivity index (χ1) is 20.9. The van der Waals surface area contributed by atoms with Crippen LogP contribution in [-0.2, 0) is 24.3 Å². The van der Waals surface area contributed by atoms with Crippen LogP contribution in [-0.4, -0.2) is 50.5 Å². The van der Waals surface area contributed by atoms with Crippen molar-refractivity contribution in [3.05, 3.63) is 87.9 Å². The minimum atomic E-state index is -2.83. The van der Waals surface area contributed by atoms with Crippen molar-refractivity contribution in [3.63, 3.8) is 0 Å². The number of carbonyl (C=O) groups is 2. The topological polar surface area (TPSA) is 92.2 Å². The molecule has 1 saturated heterocycles. The second kappa shape index (κ2) is 11.2. The minimum absolute atomic E-state index is 0.141. The number of anilines is 1. The van der Waals surface area contributed by atoms with Gasteiger partial charge in [0.05, 0.1) is 12.0 Å². The Labute approximate surface area is 250 Å². The van der Waals surface area contributed by atoms with Crippen molar-refractivity contribution in [1.82, 2.24) is 24.8 Å². The summed E-state index contributed by atoms with van der Waals surface area (Å²) in [5.74, 6) is -1.23. The van der Waals surface area contributed by atoms with E-state index in [1.165, 1.54) is 22.3 Å². The summed E-state index contributed by atoms with van der Waals surface area (Å²) in [5, 5.41) is 7.93. The van der Waals surface area contributed by atoms with E-state index >= 15 is 0 Å². The van der Waals surface area contributed by atoms with Crippen LogP contribution in [0, 0.1) is 0 Å². The van der Waals surface area contributed by atoms with Crippen LogP contribution in [0.25, 0.3) is 11.1 Å². The van der Waals surface area contributed by atoms with Crippen molar-refractivity contribution in [2.75, 3.05) is 18.4 Å². The molecule has 4 aromatic rings. The standard InChI is InChI=1S/C31H29F3N6O2S/c32-24-14-35-8-7-20(24)18-5-3-17(4-6-18)19-12-21(28(33)34)23-15-40(30(42)22(23)13-19)27(29(41)38-31-36-9-11-43-31)26-25-2-1-10-39(25)16-37-26/h3-6,9,11-13,16,20,24,27-28,35H,1-2,7-8,10,14-15H2,(H,36,38,41)/t20-,24+,27-/m1/s1. The SMILES string of the molecule is O=C(Nc1nccs1)[C@@H](c1ncn2c1CCC2)N1Cc2c(cc(-c3ccc([C@H]4CCNC[C@@H]4F)cc3)cc2C(F)F)C1=O. The maximum Gasteiger partial charge on any atom is 0.264 e. The number of alkyl halides is 3. The van der Waals surface area contributed by atoms with Gasteiger partial charge >= 0.3 is 0 Å². The molecule has 3 atom stereocenters. The summed E-state index contributed by atoms with van der Waals surface area (Å²) >= 11 is 1.24. The maximum atomic E-state index is 14.5. The summed E-state index contributed by atoms with van der Waals surface area (Å²) in [4.78, 5) is 37.7. The molecule has 3 aliphatic heterocycles. The van der Waals surface area contributed by atoms with Crippen LogP contribution in [0.1, 0.15) is 69.7 Å². The molecule has 2 amide bonds. The van der Waals surface area contributed by atoms with Gasteiger partial charge in [0.2, 0.25) is 0 Å². The molecular weight excluding hydrogens is 577 g/mol. The van der Waals surface area contributed by atoms with E-state index in [1.54, 1.807) is 36.1 Å². The number of piperidine rings is 1. The van der Waals surface area contributed by atoms with E-state index < -0.39 is 30.5 Å². The fourth-order valence-corrected chi connectivity index (χ4v) is 7.08. The first-order valence-electron chi connectivity index (χ1n) is 14.3. The second-order valence-electron chi connectivity index (χ2n) is 11.2. The predicted molar refractivity (Wildman–Crippen MR) is 156 cm³/mol. The number of carbonyl (C=O) groups excluding carboxylic acids is 2. The average Bonchev–Trinajstić information content (AvgIpc) is 3.81. The Morgan fingerprint density at radius 3 is 2.72 bits per heavy atom. The molecule has 0 aliphatic carbocycles. The molecule has 0 radical (unpaired) electrons. The lowest BCUT2D eigenvalue weighted by molar-refractivity contribution is -0.121. The first-order valence-corrected chi connectivity index (χ1v) is 15.2. The third-order valence-corrected chi connectivity index (χ3v) is 9.38. The number of hydrogen-bond acceptors (Lipinski definition) is 6. The Balaban J connectivity index is 1.24. The Bertz CT molecular complexity index is 1670. The average molecular weight is 607 g/mol. The fraction of sp³-hybridized carbons (Fsp3) is 0.355. The van der Waals surface area contributed by atoms with Gasteiger partial charge in [0.25, 0.3) is 18.2 Å². The van der Waals surface area contributed by atoms with Crippen molar-refractivity contribution in [2.24, 2.45) is 0 Å². The zero-order valence-electron chi connectivity index (χ0n) is 23.1. The molecule has 7 rings (SSSR count). The smallest absolute Gasteiger partial charge is 0.264 e. The molecule has 43 heavy (non-hydrogen) atoms. The van der Waals surface area contributed by atoms with Gasteiger partial charge < -0.3 is 14.8 Å². The van der Waals surface area contributed by atoms with Gasteiger partial charge in [-0.05, 0) is 60.2 Å². The predicted octanol–water partition coefficient (Wildman–Crippen LogP) is 5.64. The highest BCUT2D eigenvalue weighted by atomic mass is 32.1. The Hall–Kier alpha value is -4.03. The maximum absolute atomic E-state index is 14.5. The number of fused-ring (bicyclic) bond motifs is 2. The lowest BCUT2D eigenvalue weighted by Crippen LogP contribution is -2.38. The molecule has 0 unspecified atom stereocenters. The number of rotatable bonds is 7. The lowest BCUT2D eigenvalue weighted by atomic mass is 9.87. The molecule has 1 fully saturated rings. The van der Waals surface area contributed by atoms with E-state index in [0.717, 1.165) is 30.8 Å². The number of aromatic nitrogens is 3. The van der Waals surface area contributed by atoms with Crippen molar-refractivity contribution in [3.8, 4) is 11.1 Å². The summed E-state index contributed by atoms with van der Waals surface area (Å²) in [6, 6.07) is 9.16. The molecule has 2 N–H and O–H groups in total. The highest BCUT2D eigenvalue weighted by Gasteiger charge is 2.42. The molecule has 5 heterocycles. The largest absolute Gasteiger partial charge is 0.334 e. The third-order valence-electron chi connectivity index (χ3n) is 8.69. The van der Waals surface area contributed by atoms with Gasteiger partial charge in [0.1, 0.15) is 6.17 Å². The summed E-state index contributed by atoms with van der Waals surface area (Å²) in [5.41, 5.74) is 3.38. The number of benzene rings is 2. The number of nitrogens with one attached hydrogen (secondary N) is 2. The molecule has 2 aromatic heterocycles. The number of imidazole rings is 1. The van der Waals surface area contributed by atoms with Crippen molar-refractivity contribution in [1.29, 1.82) is 0 Å². The second-order valence-corrected chi connectivity index (χ2v) is 12.1. The number of hydrogen-bond donors (Lipinski definition) is 2. The van der Waals surface area contributed by atoms with Crippen LogP contribution < -0.4 is 10.6 Å². The number of amides is 2. The normalized spacial score (nSPS) is 20.4. The number of aryl methyl sites for hydroxylation is 1. The molecule has 12 heteroatoms. The molecule has 0 spiro atoms. The molecular formula is C31H29F3N6O2S. The van der Waals surface area contributed by atoms with Gasteiger partial charge in [-0.15, -0.1) is 11.3 Å². The van der Waals surface area contributed by atoms with Crippen molar-refractivity contribution < 1.29 is 22.8 Å². The molecule has 2 aromatic carbocycles. The van der Waals surface area contributed by atoms with Crippen LogP contribution in [0.4, 0.5) is 18.3 Å². The first kappa shape index (κ1) is 27.8. The lowest BCUT2D eigenvalue weighted by Gasteiger charge is -2.27. The number of nitrogens with zero attached hydrogens (tertiary/aromatic N) is 4. The number of thiazole rings is 1. The van der Waals surface area contributed by atoms with Crippen LogP contribution in [0.5, 0.6) is 0 Å². The Morgan fingerprint density at radius 2 is 1.98 bits per heavy atom. The summed E-state index contributed by atoms with van der Waals surface area (Å²) in [6.45, 7) is 1.65. The van der Waals surface area contributed by atoms with Gasteiger partial charge in [0, 0.05) is 53.9 Å². The molecule has 0 saturated carbocycles. The van der Waals surface area contributed by atoms with E-state index in [1.807, 2.05) is 16.7 Å². The fourth-order valence-electron chi connectivity index (χ4n) is 6.55. The van der Waals surface area contributed by atoms with Gasteiger partial charge in [-0.1, -0.05) is 24.3 Å². The summed E-state index contributed by atoms with van der Waals surface area (Å²) in [7, 11) is 0. The van der Waals surface area contributed by atoms with Crippen LogP contribution in [0.15, 0.2) is 54.3 Å². The highest BCUT2D eigenvalue weighted by Crippen LogP contribution is 2.41. The third kappa shape index (κ3) is 5.02. The van der Waals surface area contributed by atoms with Crippen molar-refractivity contribution in [2.45, 2.75) is 56.9 Å². The zero-order chi connectivity index (χ0) is 29.7. The monoisotopic (exact) mass is 606 g/mol. The summed E-state index contributed by atoms with van der Waals surface area (Å²) < 4.78 is 45.5. The molecule has 0 bridgehead atoms. The number of halogens is 3. The van der Waals surface area contributed by atoms with E-state index in [-0.39, 0.29) is 29.2 Å². The van der Waals surface area contributed by atoms with Crippen LogP contribution in [0.3, 0.4) is 0 Å². The zero-order valence-corrected chi connectivity index (χ0v) is 23.9. The Morgan fingerprint density at radius 1 is 1.14 bits per heavy atom. The minimum Gasteiger partial charge on any atom is -0.334 e. The van der Waals surface area contributed by atoms with Gasteiger partial charge in [0.15, 0.2) is 11.2 Å². The van der Waals surface area contributed by atoms with E-state index in [2.05, 4.69) is 20.6 Å². The van der Waals surface area contributed by atoms with Gasteiger partial charge in [-0.3, -0.25) is 14.9 Å². The van der Waals surface area contributed by atoms with E-state index in [9.17, 15) is 22.8 Å². The van der Waals surface area contributed by atoms with Crippen LogP contribution in [0.2, 0.25) is 0 Å². The Kier molecular flexibility index (Phi) is 7.26. The van der Waals surface area contributed by atoms with E-state index in [0.29, 0.717) is 41.3 Å². The van der Waals surface area contributed by atoms with Crippen LogP contribution >= 0.6 is 11.3 Å². The molecule has 3 aliphatic rings. The van der Waals surface area contributed by atoms with E-state index in [4.69, 9.17) is 0 Å². The van der Waals surface area contributed by atoms with Gasteiger partial charge in [-0.2, -0.15) is 0 Å². The quantitative estimate of drug-likeness (QED) is 0.284. The highest BCUT2D eigenvalue weighted by molar-refractivity contribution is 7.13. The summed E-state index contributed by atoms with van der Waals surface area (Å²) in [6.07, 6.45) is 1.67. The van der Waals surface area contributed by atoms with Gasteiger partial charge in [-0.25, -0.2) is 23.1 Å². The molecule has 8 nitrogen and oxygen atoms in total. The van der Waals surface area contributed by atoms with Crippen molar-refractivity contribution >= 4 is 28.3 Å².